The van der Waals surface area contributed by atoms with Gasteiger partial charge in [-0.05, 0) is 65.7 Å². The van der Waals surface area contributed by atoms with E-state index < -0.39 is 0 Å². The lowest BCUT2D eigenvalue weighted by Crippen LogP contribution is -2.17. The standard InChI is InChI=1S/C36H28N4O/c41-22-8-7-13-28-29-18-20-33(39-29)35(24-9-3-1-4-10-24)31-16-14-26(37-31)23-27-15-17-32(38-27)36(25-11-5-2-6-12-25)34-21-19-30(28)40-34/h1-6,9-12,14-21,23,37-41H,8,22H2. The molecule has 0 amide bonds. The second-order valence-corrected chi connectivity index (χ2v) is 10.0. The van der Waals surface area contributed by atoms with Crippen LogP contribution in [0.4, 0.5) is 0 Å². The Labute approximate surface area is 237 Å². The third-order valence-electron chi connectivity index (χ3n) is 7.29. The number of nitrogens with one attached hydrogen (secondary N) is 4. The van der Waals surface area contributed by atoms with Crippen LogP contribution in [0.3, 0.4) is 0 Å². The van der Waals surface area contributed by atoms with Crippen molar-refractivity contribution in [2.45, 2.75) is 6.42 Å². The van der Waals surface area contributed by atoms with Crippen LogP contribution in [0.2, 0.25) is 0 Å². The minimum Gasteiger partial charge on any atom is -0.395 e. The average Bonchev–Trinajstić information content (AvgIpc) is 3.83. The number of aromatic amines is 4. The van der Waals surface area contributed by atoms with Gasteiger partial charge in [-0.15, -0.1) is 0 Å². The van der Waals surface area contributed by atoms with E-state index >= 15 is 0 Å². The van der Waals surface area contributed by atoms with Crippen molar-refractivity contribution in [3.63, 3.8) is 0 Å². The maximum absolute atomic E-state index is 9.42. The summed E-state index contributed by atoms with van der Waals surface area (Å²) in [5.41, 5.74) is 9.11. The summed E-state index contributed by atoms with van der Waals surface area (Å²) in [6.45, 7) is 0.0193. The van der Waals surface area contributed by atoms with Gasteiger partial charge in [0.2, 0.25) is 0 Å². The quantitative estimate of drug-likeness (QED) is 0.223. The molecule has 7 rings (SSSR count). The van der Waals surface area contributed by atoms with Gasteiger partial charge in [0.1, 0.15) is 0 Å². The summed E-state index contributed by atoms with van der Waals surface area (Å²) in [5.74, 6) is 6.47. The van der Waals surface area contributed by atoms with Crippen molar-refractivity contribution < 1.29 is 5.11 Å². The van der Waals surface area contributed by atoms with E-state index in [1.54, 1.807) is 0 Å². The fraction of sp³-hybridized carbons (Fsp3) is 0.0556. The summed E-state index contributed by atoms with van der Waals surface area (Å²) in [7, 11) is 0. The van der Waals surface area contributed by atoms with Crippen molar-refractivity contribution in [2.24, 2.45) is 0 Å². The van der Waals surface area contributed by atoms with Crippen LogP contribution in [0.15, 0.2) is 109 Å². The van der Waals surface area contributed by atoms with Gasteiger partial charge in [0.25, 0.3) is 0 Å². The lowest BCUT2D eigenvalue weighted by molar-refractivity contribution is 0.305. The summed E-state index contributed by atoms with van der Waals surface area (Å²) in [5, 5.41) is 13.3. The Morgan fingerprint density at radius 1 is 0.537 bits per heavy atom. The fourth-order valence-corrected chi connectivity index (χ4v) is 5.43. The number of hydrogen-bond donors (Lipinski definition) is 5. The molecule has 0 spiro atoms. The molecule has 6 aromatic rings. The van der Waals surface area contributed by atoms with Crippen molar-refractivity contribution in [2.75, 3.05) is 6.61 Å². The van der Waals surface area contributed by atoms with Crippen LogP contribution in [-0.2, 0) is 0 Å². The molecule has 0 fully saturated rings. The minimum absolute atomic E-state index is 0.0193. The number of aromatic nitrogens is 4. The molecule has 1 aliphatic heterocycles. The molecule has 5 N–H and O–H groups in total. The van der Waals surface area contributed by atoms with Crippen molar-refractivity contribution in [1.82, 2.24) is 19.9 Å². The molecule has 0 saturated carbocycles. The van der Waals surface area contributed by atoms with Gasteiger partial charge in [-0.2, -0.15) is 0 Å². The molecule has 0 aliphatic carbocycles. The van der Waals surface area contributed by atoms with Gasteiger partial charge in [-0.1, -0.05) is 72.5 Å². The number of hydrogen-bond acceptors (Lipinski definition) is 1. The molecule has 0 saturated heterocycles. The van der Waals surface area contributed by atoms with Crippen LogP contribution < -0.4 is 21.4 Å². The van der Waals surface area contributed by atoms with Crippen LogP contribution in [-0.4, -0.2) is 31.6 Å². The highest BCUT2D eigenvalue weighted by Crippen LogP contribution is 2.23. The van der Waals surface area contributed by atoms with Crippen LogP contribution in [0.25, 0.3) is 22.8 Å². The first-order chi connectivity index (χ1) is 20.3. The van der Waals surface area contributed by atoms with Gasteiger partial charge in [0, 0.05) is 50.7 Å². The first kappa shape index (κ1) is 24.6. The second-order valence-electron chi connectivity index (χ2n) is 10.0. The second kappa shape index (κ2) is 10.6. The maximum Gasteiger partial charge on any atom is 0.0715 e. The zero-order chi connectivity index (χ0) is 27.6. The molecule has 5 heteroatoms. The van der Waals surface area contributed by atoms with Crippen molar-refractivity contribution in [3.8, 4) is 11.8 Å². The summed E-state index contributed by atoms with van der Waals surface area (Å²) in [4.78, 5) is 14.6. The normalized spacial score (nSPS) is 12.6. The van der Waals surface area contributed by atoms with Gasteiger partial charge < -0.3 is 25.0 Å². The molecule has 4 aromatic heterocycles. The molecule has 0 atom stereocenters. The summed E-state index contributed by atoms with van der Waals surface area (Å²) in [6, 6.07) is 37.6. The molecular formula is C36H28N4O. The van der Waals surface area contributed by atoms with Crippen molar-refractivity contribution in [3.05, 3.63) is 164 Å². The van der Waals surface area contributed by atoms with E-state index in [9.17, 15) is 5.11 Å². The molecular weight excluding hydrogens is 504 g/mol. The Morgan fingerprint density at radius 2 is 1.15 bits per heavy atom. The van der Waals surface area contributed by atoms with E-state index in [1.165, 1.54) is 0 Å². The molecule has 198 valence electrons. The van der Waals surface area contributed by atoms with E-state index in [2.05, 4.69) is 135 Å². The Hall–Kier alpha value is -5.44. The van der Waals surface area contributed by atoms with E-state index in [0.29, 0.717) is 6.42 Å². The van der Waals surface area contributed by atoms with Crippen LogP contribution in [0, 0.1) is 11.8 Å². The molecule has 0 unspecified atom stereocenters. The number of aliphatic hydroxyl groups is 1. The van der Waals surface area contributed by atoms with E-state index in [4.69, 9.17) is 0 Å². The average molecular weight is 533 g/mol. The summed E-state index contributed by atoms with van der Waals surface area (Å²) in [6.07, 6.45) is 2.54. The van der Waals surface area contributed by atoms with Gasteiger partial charge in [0.05, 0.1) is 23.2 Å². The molecule has 1 aliphatic rings. The third kappa shape index (κ3) is 4.78. The molecule has 5 nitrogen and oxygen atoms in total. The molecule has 2 aromatic carbocycles. The summed E-state index contributed by atoms with van der Waals surface area (Å²) >= 11 is 0. The first-order valence-corrected chi connectivity index (χ1v) is 13.7. The topological polar surface area (TPSA) is 83.4 Å². The number of benzene rings is 2. The zero-order valence-electron chi connectivity index (χ0n) is 22.3. The smallest absolute Gasteiger partial charge is 0.0715 e. The highest BCUT2D eigenvalue weighted by Gasteiger charge is 2.14. The SMILES string of the molecule is OCCC#CC1=c2ccc([nH]2)=C(c2ccccc2)c2ccc([nH]2)C=c2ccc([nH]2)=C(c2ccccc2)c2ccc1[nH]2. The Morgan fingerprint density at radius 3 is 1.88 bits per heavy atom. The highest BCUT2D eigenvalue weighted by atomic mass is 16.2. The molecule has 8 bridgehead atoms. The maximum atomic E-state index is 9.42. The van der Waals surface area contributed by atoms with E-state index in [-0.39, 0.29) is 6.61 Å². The first-order valence-electron chi connectivity index (χ1n) is 13.7. The van der Waals surface area contributed by atoms with Gasteiger partial charge >= 0.3 is 0 Å². The number of H-pyrrole nitrogens is 4. The number of aliphatic hydroxyl groups excluding tert-OH is 1. The monoisotopic (exact) mass is 532 g/mol. The van der Waals surface area contributed by atoms with Crippen LogP contribution in [0.5, 0.6) is 0 Å². The largest absolute Gasteiger partial charge is 0.395 e. The van der Waals surface area contributed by atoms with E-state index in [0.717, 1.165) is 72.0 Å². The lowest BCUT2D eigenvalue weighted by Gasteiger charge is -2.06. The minimum atomic E-state index is 0.0193. The van der Waals surface area contributed by atoms with Gasteiger partial charge in [-0.25, -0.2) is 0 Å². The van der Waals surface area contributed by atoms with Crippen LogP contribution in [0.1, 0.15) is 40.3 Å². The molecule has 41 heavy (non-hydrogen) atoms. The fourth-order valence-electron chi connectivity index (χ4n) is 5.43. The number of rotatable bonds is 3. The van der Waals surface area contributed by atoms with Crippen LogP contribution >= 0.6 is 0 Å². The molecule has 5 heterocycles. The highest BCUT2D eigenvalue weighted by molar-refractivity contribution is 5.82. The van der Waals surface area contributed by atoms with Crippen molar-refractivity contribution >= 4 is 22.8 Å². The predicted octanol–water partition coefficient (Wildman–Crippen LogP) is 3.22. The van der Waals surface area contributed by atoms with E-state index in [1.807, 2.05) is 12.1 Å². The number of fused-ring (bicyclic) bond motifs is 8. The Kier molecular flexibility index (Phi) is 6.37. The third-order valence-corrected chi connectivity index (χ3v) is 7.29. The van der Waals surface area contributed by atoms with Crippen molar-refractivity contribution in [1.29, 1.82) is 0 Å². The zero-order valence-corrected chi connectivity index (χ0v) is 22.3. The lowest BCUT2D eigenvalue weighted by atomic mass is 10.0. The molecule has 0 radical (unpaired) electrons. The summed E-state index contributed by atoms with van der Waals surface area (Å²) < 4.78 is 0. The van der Waals surface area contributed by atoms with Gasteiger partial charge in [0.15, 0.2) is 0 Å². The van der Waals surface area contributed by atoms with Gasteiger partial charge in [-0.3, -0.25) is 0 Å². The predicted molar refractivity (Wildman–Crippen MR) is 163 cm³/mol. The Bertz CT molecular complexity index is 2160. The Balaban J connectivity index is 1.58.